The van der Waals surface area contributed by atoms with Crippen LogP contribution in [0.25, 0.3) is 0 Å². The van der Waals surface area contributed by atoms with Crippen LogP contribution in [0.15, 0.2) is 66.9 Å². The Morgan fingerprint density at radius 2 is 1.67 bits per heavy atom. The van der Waals surface area contributed by atoms with Gasteiger partial charge in [-0.25, -0.2) is 9.97 Å². The predicted octanol–water partition coefficient (Wildman–Crippen LogP) is 4.60. The number of ether oxygens (including phenoxy) is 2. The molecule has 0 bridgehead atoms. The summed E-state index contributed by atoms with van der Waals surface area (Å²) in [6, 6.07) is 18.4. The third kappa shape index (κ3) is 10.5. The van der Waals surface area contributed by atoms with E-state index in [4.69, 9.17) is 26.1 Å². The molecule has 0 aliphatic carbocycles. The topological polar surface area (TPSA) is 184 Å². The first-order valence-electron chi connectivity index (χ1n) is 22.5. The van der Waals surface area contributed by atoms with Gasteiger partial charge < -0.3 is 29.2 Å². The van der Waals surface area contributed by atoms with Gasteiger partial charge in [0.1, 0.15) is 24.8 Å². The van der Waals surface area contributed by atoms with Crippen LogP contribution in [0.5, 0.6) is 5.75 Å². The molecule has 5 amide bonds. The highest BCUT2D eigenvalue weighted by Crippen LogP contribution is 2.37. The second-order valence-electron chi connectivity index (χ2n) is 17.5. The largest absolute Gasteiger partial charge is 0.496 e. The maximum absolute atomic E-state index is 13.3. The van der Waals surface area contributed by atoms with Gasteiger partial charge >= 0.3 is 0 Å². The van der Waals surface area contributed by atoms with Crippen LogP contribution in [0.3, 0.4) is 0 Å². The Labute approximate surface area is 389 Å². The number of imide groups is 2. The van der Waals surface area contributed by atoms with Gasteiger partial charge in [-0.1, -0.05) is 48.0 Å². The van der Waals surface area contributed by atoms with Gasteiger partial charge in [0.2, 0.25) is 17.7 Å². The van der Waals surface area contributed by atoms with Gasteiger partial charge in [0.15, 0.2) is 0 Å². The summed E-state index contributed by atoms with van der Waals surface area (Å²) < 4.78 is 24.6. The van der Waals surface area contributed by atoms with Crippen molar-refractivity contribution in [2.24, 2.45) is 0 Å². The third-order valence-electron chi connectivity index (χ3n) is 12.9. The van der Waals surface area contributed by atoms with E-state index in [0.717, 1.165) is 71.8 Å². The van der Waals surface area contributed by atoms with E-state index in [1.54, 1.807) is 44.8 Å². The lowest BCUT2D eigenvalue weighted by molar-refractivity contribution is -0.136. The van der Waals surface area contributed by atoms with Crippen molar-refractivity contribution in [2.45, 2.75) is 57.0 Å². The number of carbonyl (C=O) groups excluding carboxylic acids is 5. The maximum atomic E-state index is 13.3. The Kier molecular flexibility index (Phi) is 14.5. The number of rotatable bonds is 16. The highest BCUT2D eigenvalue weighted by molar-refractivity contribution is 7.70. The molecule has 1 aromatic heterocycles. The first-order chi connectivity index (χ1) is 31.8. The molecule has 348 valence electrons. The number of hydrogen-bond donors (Lipinski definition) is 2. The maximum Gasteiger partial charge on any atom is 0.264 e. The molecule has 2 N–H and O–H groups in total. The number of hydrogen-bond acceptors (Lipinski definition) is 13. The van der Waals surface area contributed by atoms with Crippen molar-refractivity contribution >= 4 is 65.0 Å². The van der Waals surface area contributed by atoms with Crippen molar-refractivity contribution < 1.29 is 38.0 Å². The molecule has 3 fully saturated rings. The first-order valence-corrected chi connectivity index (χ1v) is 25.5. The van der Waals surface area contributed by atoms with Gasteiger partial charge in [0, 0.05) is 106 Å². The molecule has 3 aromatic carbocycles. The van der Waals surface area contributed by atoms with Crippen LogP contribution in [0.1, 0.15) is 75.5 Å². The van der Waals surface area contributed by atoms with Crippen molar-refractivity contribution in [3.05, 3.63) is 106 Å². The molecular formula is C48H56ClN8O8P. The number of anilines is 2. The van der Waals surface area contributed by atoms with E-state index >= 15 is 0 Å². The van der Waals surface area contributed by atoms with Gasteiger partial charge in [-0.05, 0) is 56.4 Å². The summed E-state index contributed by atoms with van der Waals surface area (Å²) in [6.07, 6.45) is 5.01. The molecule has 4 aromatic rings. The minimum atomic E-state index is -2.49. The molecule has 4 aliphatic rings. The summed E-state index contributed by atoms with van der Waals surface area (Å²) in [4.78, 5) is 80.7. The summed E-state index contributed by atoms with van der Waals surface area (Å²) in [7, 11) is -0.808. The van der Waals surface area contributed by atoms with Crippen molar-refractivity contribution in [3.63, 3.8) is 0 Å². The highest BCUT2D eigenvalue weighted by Gasteiger charge is 2.45. The molecule has 0 spiro atoms. The number of halogens is 1. The minimum Gasteiger partial charge on any atom is -0.496 e. The molecular weight excluding hydrogens is 883 g/mol. The monoisotopic (exact) mass is 938 g/mol. The second kappa shape index (κ2) is 20.5. The Bertz CT molecular complexity index is 2560. The number of methoxy groups -OCH3 is 1. The average molecular weight is 939 g/mol. The molecule has 8 rings (SSSR count). The Hall–Kier alpha value is -5.67. The summed E-state index contributed by atoms with van der Waals surface area (Å²) in [5.41, 5.74) is 4.57. The molecule has 1 unspecified atom stereocenters. The lowest BCUT2D eigenvalue weighted by atomic mass is 10.0. The van der Waals surface area contributed by atoms with Crippen molar-refractivity contribution in [1.29, 1.82) is 0 Å². The normalized spacial score (nSPS) is 18.4. The smallest absolute Gasteiger partial charge is 0.264 e. The zero-order valence-electron chi connectivity index (χ0n) is 37.6. The highest BCUT2D eigenvalue weighted by atomic mass is 35.5. The van der Waals surface area contributed by atoms with Crippen molar-refractivity contribution in [3.8, 4) is 5.75 Å². The van der Waals surface area contributed by atoms with Crippen LogP contribution in [0, 0.1) is 0 Å². The van der Waals surface area contributed by atoms with Crippen molar-refractivity contribution in [1.82, 2.24) is 30.0 Å². The fourth-order valence-corrected chi connectivity index (χ4v) is 10.9. The number of amides is 5. The first kappa shape index (κ1) is 46.8. The quantitative estimate of drug-likeness (QED) is 0.0904. The van der Waals surface area contributed by atoms with Crippen LogP contribution < -0.4 is 25.6 Å². The SMILES string of the molecule is COc1cc(N2CCC(N3CCN(C(=O)CCOCCNc4cccc5c4C(=O)N(C4CCC(=O)NC4=O)C5=O)CC3)CC2)ccc1Cc1ncc(Cl)c(Cc2ccccc2P(C)(C)=O)n1. The van der Waals surface area contributed by atoms with Crippen LogP contribution in [0.4, 0.5) is 11.4 Å². The molecule has 3 saturated heterocycles. The van der Waals surface area contributed by atoms with Gasteiger partial charge in [-0.15, -0.1) is 0 Å². The van der Waals surface area contributed by atoms with Crippen LogP contribution >= 0.6 is 18.7 Å². The fourth-order valence-electron chi connectivity index (χ4n) is 9.43. The van der Waals surface area contributed by atoms with Gasteiger partial charge in [-0.2, -0.15) is 0 Å². The lowest BCUT2D eigenvalue weighted by Gasteiger charge is -2.43. The summed E-state index contributed by atoms with van der Waals surface area (Å²) in [6.45, 7) is 9.24. The minimum absolute atomic E-state index is 0.0528. The molecule has 5 heterocycles. The van der Waals surface area contributed by atoms with E-state index < -0.39 is 36.8 Å². The van der Waals surface area contributed by atoms with E-state index in [1.165, 1.54) is 0 Å². The Balaban J connectivity index is 0.750. The third-order valence-corrected chi connectivity index (χ3v) is 14.8. The van der Waals surface area contributed by atoms with Gasteiger partial charge in [-0.3, -0.25) is 39.1 Å². The standard InChI is InChI=1S/C48H56ClN8O8P/c1-64-40-29-34(12-11-31(40)28-42-51-30-36(49)38(52-42)27-32-7-4-5-10-41(32)66(2,3)63)54-19-15-33(16-20-54)55-21-23-56(24-22-55)44(59)17-25-65-26-18-50-37-9-6-8-35-45(37)48(62)57(47(35)61)39-13-14-43(58)53-46(39)60/h4-12,29-30,33,39,50H,13-28H2,1-3H3,(H,53,58,60). The Morgan fingerprint density at radius 1 is 0.894 bits per heavy atom. The van der Waals surface area contributed by atoms with E-state index in [9.17, 15) is 28.5 Å². The molecule has 0 saturated carbocycles. The summed E-state index contributed by atoms with van der Waals surface area (Å²) in [5, 5.41) is 6.68. The molecule has 16 nitrogen and oxygen atoms in total. The zero-order chi connectivity index (χ0) is 46.5. The van der Waals surface area contributed by atoms with E-state index in [0.29, 0.717) is 60.7 Å². The van der Waals surface area contributed by atoms with Gasteiger partial charge in [0.25, 0.3) is 11.8 Å². The number of aromatic nitrogens is 2. The molecule has 1 atom stereocenters. The van der Waals surface area contributed by atoms with Gasteiger partial charge in [0.05, 0.1) is 48.6 Å². The predicted molar refractivity (Wildman–Crippen MR) is 252 cm³/mol. The molecule has 0 radical (unpaired) electrons. The number of carbonyl (C=O) groups is 5. The van der Waals surface area contributed by atoms with E-state index in [1.807, 2.05) is 29.2 Å². The fraction of sp³-hybridized carbons (Fsp3) is 0.438. The zero-order valence-corrected chi connectivity index (χ0v) is 39.2. The number of piperidine rings is 2. The van der Waals surface area contributed by atoms with E-state index in [2.05, 4.69) is 43.6 Å². The summed E-state index contributed by atoms with van der Waals surface area (Å²) >= 11 is 6.57. The molecule has 4 aliphatic heterocycles. The lowest BCUT2D eigenvalue weighted by Crippen LogP contribution is -2.54. The average Bonchev–Trinajstić information content (AvgIpc) is 3.57. The van der Waals surface area contributed by atoms with E-state index in [-0.39, 0.29) is 49.5 Å². The Morgan fingerprint density at radius 3 is 2.41 bits per heavy atom. The number of fused-ring (bicyclic) bond motifs is 1. The van der Waals surface area contributed by atoms with Crippen molar-refractivity contribution in [2.75, 3.05) is 89.7 Å². The number of nitrogens with zero attached hydrogens (tertiary/aromatic N) is 6. The number of benzene rings is 3. The van der Waals surface area contributed by atoms with Crippen LogP contribution in [0.2, 0.25) is 5.02 Å². The van der Waals surface area contributed by atoms with Crippen LogP contribution in [-0.2, 0) is 36.5 Å². The molecule has 18 heteroatoms. The molecule has 66 heavy (non-hydrogen) atoms. The second-order valence-corrected chi connectivity index (χ2v) is 21.1. The summed E-state index contributed by atoms with van der Waals surface area (Å²) in [5.74, 6) is -0.751. The number of piperazine rings is 1. The number of nitrogens with one attached hydrogen (secondary N) is 2. The van der Waals surface area contributed by atoms with Crippen LogP contribution in [-0.4, -0.2) is 146 Å².